The van der Waals surface area contributed by atoms with Crippen LogP contribution < -0.4 is 5.32 Å². The maximum atomic E-state index is 4.43. The molecule has 0 amide bonds. The Balaban J connectivity index is 0.000000932. The molecule has 28 heavy (non-hydrogen) atoms. The fourth-order valence-corrected chi connectivity index (χ4v) is 3.34. The van der Waals surface area contributed by atoms with E-state index in [9.17, 15) is 0 Å². The average Bonchev–Trinajstić information content (AvgIpc) is 3.08. The Bertz CT molecular complexity index is 1290. The monoisotopic (exact) mass is 369 g/mol. The van der Waals surface area contributed by atoms with Crippen molar-refractivity contribution in [1.82, 2.24) is 19.6 Å². The smallest absolute Gasteiger partial charge is 0.254 e. The van der Waals surface area contributed by atoms with E-state index in [4.69, 9.17) is 0 Å². The number of benzene rings is 3. The van der Waals surface area contributed by atoms with Crippen molar-refractivity contribution in [3.8, 4) is 0 Å². The molecule has 0 fully saturated rings. The highest BCUT2D eigenvalue weighted by Crippen LogP contribution is 2.27. The first kappa shape index (κ1) is 17.9. The van der Waals surface area contributed by atoms with E-state index in [-0.39, 0.29) is 0 Å². The summed E-state index contributed by atoms with van der Waals surface area (Å²) < 4.78 is 1.74. The second kappa shape index (κ2) is 7.27. The average molecular weight is 369 g/mol. The van der Waals surface area contributed by atoms with Gasteiger partial charge >= 0.3 is 0 Å². The summed E-state index contributed by atoms with van der Waals surface area (Å²) in [4.78, 5) is 8.79. The third-order valence-corrected chi connectivity index (χ3v) is 4.52. The summed E-state index contributed by atoms with van der Waals surface area (Å²) in [5, 5.41) is 12.8. The SMILES string of the molecule is CC.Cc1cc(Nc2ccc3cc4ccccc4cc3c2)n2nc(C)nc2n1. The number of hydrogen-bond acceptors (Lipinski definition) is 4. The van der Waals surface area contributed by atoms with Crippen LogP contribution in [0.25, 0.3) is 27.3 Å². The third kappa shape index (κ3) is 3.27. The molecule has 0 atom stereocenters. The topological polar surface area (TPSA) is 55.1 Å². The van der Waals surface area contributed by atoms with Crippen molar-refractivity contribution in [3.63, 3.8) is 0 Å². The van der Waals surface area contributed by atoms with Gasteiger partial charge in [-0.1, -0.05) is 44.2 Å². The fraction of sp³-hybridized carbons (Fsp3) is 0.174. The highest BCUT2D eigenvalue weighted by Gasteiger charge is 2.08. The zero-order chi connectivity index (χ0) is 19.7. The lowest BCUT2D eigenvalue weighted by Gasteiger charge is -2.10. The van der Waals surface area contributed by atoms with E-state index >= 15 is 0 Å². The van der Waals surface area contributed by atoms with Gasteiger partial charge in [0, 0.05) is 17.4 Å². The van der Waals surface area contributed by atoms with Crippen LogP contribution in [0.2, 0.25) is 0 Å². The van der Waals surface area contributed by atoms with Crippen LogP contribution in [0.15, 0.2) is 60.7 Å². The van der Waals surface area contributed by atoms with Crippen molar-refractivity contribution in [2.45, 2.75) is 27.7 Å². The molecule has 5 rings (SSSR count). The lowest BCUT2D eigenvalue weighted by Crippen LogP contribution is -2.02. The Hall–Kier alpha value is -3.47. The summed E-state index contributed by atoms with van der Waals surface area (Å²) >= 11 is 0. The first-order valence-corrected chi connectivity index (χ1v) is 9.56. The number of aromatic nitrogens is 4. The second-order valence-electron chi connectivity index (χ2n) is 6.54. The lowest BCUT2D eigenvalue weighted by atomic mass is 10.0. The van der Waals surface area contributed by atoms with Crippen LogP contribution in [-0.2, 0) is 0 Å². The minimum atomic E-state index is 0.608. The summed E-state index contributed by atoms with van der Waals surface area (Å²) in [6.07, 6.45) is 0. The van der Waals surface area contributed by atoms with Crippen molar-refractivity contribution in [3.05, 3.63) is 72.2 Å². The Kier molecular flexibility index (Phi) is 4.65. The molecule has 0 aliphatic heterocycles. The molecule has 0 saturated heterocycles. The van der Waals surface area contributed by atoms with Gasteiger partial charge in [-0.3, -0.25) is 0 Å². The van der Waals surface area contributed by atoms with Crippen molar-refractivity contribution in [1.29, 1.82) is 0 Å². The molecule has 0 bridgehead atoms. The molecule has 0 spiro atoms. The van der Waals surface area contributed by atoms with Gasteiger partial charge in [-0.25, -0.2) is 4.98 Å². The van der Waals surface area contributed by atoms with Gasteiger partial charge in [0.25, 0.3) is 5.78 Å². The molecule has 2 aromatic heterocycles. The maximum Gasteiger partial charge on any atom is 0.254 e. The lowest BCUT2D eigenvalue weighted by molar-refractivity contribution is 0.917. The van der Waals surface area contributed by atoms with Crippen LogP contribution in [0.5, 0.6) is 0 Å². The first-order chi connectivity index (χ1) is 13.7. The van der Waals surface area contributed by atoms with Gasteiger partial charge in [0.05, 0.1) is 0 Å². The third-order valence-electron chi connectivity index (χ3n) is 4.52. The number of rotatable bonds is 2. The van der Waals surface area contributed by atoms with E-state index in [0.29, 0.717) is 11.6 Å². The molecule has 0 unspecified atom stereocenters. The van der Waals surface area contributed by atoms with Crippen LogP contribution >= 0.6 is 0 Å². The number of fused-ring (bicyclic) bond motifs is 3. The molecule has 5 heteroatoms. The summed E-state index contributed by atoms with van der Waals surface area (Å²) in [6.45, 7) is 7.83. The molecule has 140 valence electrons. The molecular weight excluding hydrogens is 346 g/mol. The summed E-state index contributed by atoms with van der Waals surface area (Å²) in [5.74, 6) is 2.17. The van der Waals surface area contributed by atoms with Crippen molar-refractivity contribution in [2.75, 3.05) is 5.32 Å². The number of nitrogens with zero attached hydrogens (tertiary/aromatic N) is 4. The van der Waals surface area contributed by atoms with Gasteiger partial charge < -0.3 is 5.32 Å². The van der Waals surface area contributed by atoms with Gasteiger partial charge in [0.2, 0.25) is 0 Å². The van der Waals surface area contributed by atoms with Crippen LogP contribution in [0.1, 0.15) is 25.4 Å². The number of anilines is 2. The Morgan fingerprint density at radius 1 is 0.750 bits per heavy atom. The summed E-state index contributed by atoms with van der Waals surface area (Å²) in [7, 11) is 0. The standard InChI is InChI=1S/C21H17N5.C2H6/c1-13-9-20(26-21(22-13)23-14(2)25-26)24-19-8-7-17-10-15-5-3-4-6-16(15)11-18(17)12-19;1-2/h3-12,24H,1-2H3;1-2H3. The summed E-state index contributed by atoms with van der Waals surface area (Å²) in [6, 6.07) is 21.2. The van der Waals surface area contributed by atoms with Crippen molar-refractivity contribution in [2.24, 2.45) is 0 Å². The number of nitrogens with one attached hydrogen (secondary N) is 1. The zero-order valence-corrected chi connectivity index (χ0v) is 16.6. The van der Waals surface area contributed by atoms with E-state index < -0.39 is 0 Å². The minimum absolute atomic E-state index is 0.608. The molecule has 5 aromatic rings. The Morgan fingerprint density at radius 3 is 2.18 bits per heavy atom. The van der Waals surface area contributed by atoms with Crippen LogP contribution in [0.4, 0.5) is 11.5 Å². The highest BCUT2D eigenvalue weighted by atomic mass is 15.4. The molecule has 2 heterocycles. The number of hydrogen-bond donors (Lipinski definition) is 1. The van der Waals surface area contributed by atoms with Crippen molar-refractivity contribution < 1.29 is 0 Å². The first-order valence-electron chi connectivity index (χ1n) is 9.56. The van der Waals surface area contributed by atoms with Gasteiger partial charge in [-0.15, -0.1) is 5.10 Å². The maximum absolute atomic E-state index is 4.43. The predicted octanol–water partition coefficient (Wildman–Crippen LogP) is 5.82. The van der Waals surface area contributed by atoms with Gasteiger partial charge in [0.15, 0.2) is 0 Å². The minimum Gasteiger partial charge on any atom is -0.340 e. The largest absolute Gasteiger partial charge is 0.340 e. The molecule has 5 nitrogen and oxygen atoms in total. The van der Waals surface area contributed by atoms with Gasteiger partial charge in [0.1, 0.15) is 11.6 Å². The molecule has 1 N–H and O–H groups in total. The summed E-state index contributed by atoms with van der Waals surface area (Å²) in [5.41, 5.74) is 1.91. The predicted molar refractivity (Wildman–Crippen MR) is 116 cm³/mol. The normalized spacial score (nSPS) is 10.9. The highest BCUT2D eigenvalue weighted by molar-refractivity contribution is 5.99. The van der Waals surface area contributed by atoms with Gasteiger partial charge in [-0.05, 0) is 59.7 Å². The van der Waals surface area contributed by atoms with Crippen LogP contribution in [0.3, 0.4) is 0 Å². The zero-order valence-electron chi connectivity index (χ0n) is 16.6. The fourth-order valence-electron chi connectivity index (χ4n) is 3.34. The van der Waals surface area contributed by atoms with Gasteiger partial charge in [-0.2, -0.15) is 9.50 Å². The van der Waals surface area contributed by atoms with Crippen molar-refractivity contribution >= 4 is 38.8 Å². The van der Waals surface area contributed by atoms with Crippen LogP contribution in [-0.4, -0.2) is 19.6 Å². The molecule has 0 aliphatic carbocycles. The second-order valence-corrected chi connectivity index (χ2v) is 6.54. The van der Waals surface area contributed by atoms with E-state index in [1.807, 2.05) is 33.8 Å². The van der Waals surface area contributed by atoms with E-state index in [0.717, 1.165) is 17.2 Å². The number of aryl methyl sites for hydroxylation is 2. The van der Waals surface area contributed by atoms with E-state index in [1.54, 1.807) is 4.52 Å². The molecule has 0 radical (unpaired) electrons. The molecular formula is C23H23N5. The quantitative estimate of drug-likeness (QED) is 0.399. The molecule has 0 saturated carbocycles. The Labute approximate surface area is 164 Å². The molecule has 3 aromatic carbocycles. The van der Waals surface area contributed by atoms with Crippen LogP contribution in [0, 0.1) is 13.8 Å². The van der Waals surface area contributed by atoms with E-state index in [1.165, 1.54) is 21.5 Å². The van der Waals surface area contributed by atoms with E-state index in [2.05, 4.69) is 75.0 Å². The molecule has 0 aliphatic rings. The Morgan fingerprint density at radius 2 is 1.43 bits per heavy atom.